The molecule has 0 bridgehead atoms. The van der Waals surface area contributed by atoms with Crippen molar-refractivity contribution in [1.82, 2.24) is 0 Å². The molecule has 0 saturated carbocycles. The van der Waals surface area contributed by atoms with Crippen LogP contribution in [0.5, 0.6) is 5.75 Å². The summed E-state index contributed by atoms with van der Waals surface area (Å²) >= 11 is 0. The first-order valence-corrected chi connectivity index (χ1v) is 11.0. The van der Waals surface area contributed by atoms with Crippen LogP contribution in [0.2, 0.25) is 0 Å². The molecule has 28 heavy (non-hydrogen) atoms. The predicted molar refractivity (Wildman–Crippen MR) is 113 cm³/mol. The third kappa shape index (κ3) is 5.23. The van der Waals surface area contributed by atoms with Gasteiger partial charge in [-0.25, -0.2) is 8.42 Å². The van der Waals surface area contributed by atoms with E-state index in [1.807, 2.05) is 42.5 Å². The molecule has 4 heteroatoms. The van der Waals surface area contributed by atoms with Crippen LogP contribution < -0.4 is 4.74 Å². The maximum Gasteiger partial charge on any atom is 0.182 e. The molecule has 0 N–H and O–H groups in total. The maximum atomic E-state index is 12.6. The normalized spacial score (nSPS) is 12.0. The summed E-state index contributed by atoms with van der Waals surface area (Å²) < 4.78 is 31.0. The lowest BCUT2D eigenvalue weighted by Gasteiger charge is -2.19. The Morgan fingerprint density at radius 3 is 1.93 bits per heavy atom. The molecule has 0 spiro atoms. The Balaban J connectivity index is 1.63. The molecule has 0 aliphatic carbocycles. The van der Waals surface area contributed by atoms with E-state index >= 15 is 0 Å². The number of benzene rings is 3. The monoisotopic (exact) mass is 394 g/mol. The fourth-order valence-electron chi connectivity index (χ4n) is 2.89. The van der Waals surface area contributed by atoms with E-state index in [1.165, 1.54) is 5.56 Å². The third-order valence-electron chi connectivity index (χ3n) is 4.61. The lowest BCUT2D eigenvalue weighted by Crippen LogP contribution is -2.10. The van der Waals surface area contributed by atoms with E-state index in [9.17, 15) is 8.42 Å². The minimum atomic E-state index is -3.36. The largest absolute Gasteiger partial charge is 0.489 e. The van der Waals surface area contributed by atoms with Crippen LogP contribution in [0.25, 0.3) is 0 Å². The number of sulfone groups is 1. The van der Waals surface area contributed by atoms with Crippen LogP contribution in [-0.4, -0.2) is 8.42 Å². The zero-order chi connectivity index (χ0) is 20.2. The van der Waals surface area contributed by atoms with Crippen molar-refractivity contribution in [1.29, 1.82) is 0 Å². The molecule has 0 aliphatic rings. The van der Waals surface area contributed by atoms with Crippen molar-refractivity contribution >= 4 is 9.84 Å². The molecule has 0 saturated heterocycles. The Kier molecular flexibility index (Phi) is 5.90. The van der Waals surface area contributed by atoms with Gasteiger partial charge in [0.05, 0.1) is 10.6 Å². The zero-order valence-electron chi connectivity index (χ0n) is 16.6. The molecule has 0 unspecified atom stereocenters. The molecular weight excluding hydrogens is 368 g/mol. The van der Waals surface area contributed by atoms with Gasteiger partial charge < -0.3 is 4.74 Å². The Morgan fingerprint density at radius 1 is 0.750 bits per heavy atom. The van der Waals surface area contributed by atoms with E-state index in [0.717, 1.165) is 16.9 Å². The van der Waals surface area contributed by atoms with E-state index < -0.39 is 9.84 Å². The number of hydrogen-bond donors (Lipinski definition) is 0. The van der Waals surface area contributed by atoms with Gasteiger partial charge in [0.25, 0.3) is 0 Å². The summed E-state index contributed by atoms with van der Waals surface area (Å²) in [4.78, 5) is 0.328. The summed E-state index contributed by atoms with van der Waals surface area (Å²) in [7, 11) is -3.36. The van der Waals surface area contributed by atoms with E-state index in [-0.39, 0.29) is 11.2 Å². The molecule has 3 rings (SSSR count). The van der Waals surface area contributed by atoms with Crippen LogP contribution in [-0.2, 0) is 27.6 Å². The molecular formula is C24H26O3S. The average molecular weight is 395 g/mol. The summed E-state index contributed by atoms with van der Waals surface area (Å²) in [5, 5.41) is 0. The SMILES string of the molecule is CC(C)(C)c1ccc(OCc2ccc(S(=O)(=O)Cc3ccccc3)cc2)cc1. The van der Waals surface area contributed by atoms with Gasteiger partial charge in [-0.05, 0) is 46.4 Å². The van der Waals surface area contributed by atoms with Gasteiger partial charge in [-0.3, -0.25) is 0 Å². The van der Waals surface area contributed by atoms with E-state index in [4.69, 9.17) is 4.74 Å². The van der Waals surface area contributed by atoms with Crippen LogP contribution in [0.3, 0.4) is 0 Å². The first-order valence-electron chi connectivity index (χ1n) is 9.33. The van der Waals surface area contributed by atoms with Gasteiger partial charge in [-0.15, -0.1) is 0 Å². The second kappa shape index (κ2) is 8.19. The van der Waals surface area contributed by atoms with Gasteiger partial charge in [0, 0.05) is 0 Å². The van der Waals surface area contributed by atoms with E-state index in [2.05, 4.69) is 32.9 Å². The van der Waals surface area contributed by atoms with Crippen molar-refractivity contribution in [2.75, 3.05) is 0 Å². The van der Waals surface area contributed by atoms with Gasteiger partial charge in [0.1, 0.15) is 12.4 Å². The summed E-state index contributed by atoms with van der Waals surface area (Å²) in [5.74, 6) is 0.804. The molecule has 3 aromatic rings. The Morgan fingerprint density at radius 2 is 1.36 bits per heavy atom. The highest BCUT2D eigenvalue weighted by Gasteiger charge is 2.15. The summed E-state index contributed by atoms with van der Waals surface area (Å²) in [6.07, 6.45) is 0. The smallest absolute Gasteiger partial charge is 0.182 e. The highest BCUT2D eigenvalue weighted by atomic mass is 32.2. The van der Waals surface area contributed by atoms with Gasteiger partial charge in [-0.1, -0.05) is 75.4 Å². The van der Waals surface area contributed by atoms with Crippen molar-refractivity contribution < 1.29 is 13.2 Å². The molecule has 0 heterocycles. The van der Waals surface area contributed by atoms with Crippen molar-refractivity contribution in [3.63, 3.8) is 0 Å². The molecule has 3 aromatic carbocycles. The second-order valence-corrected chi connectivity index (χ2v) is 9.94. The lowest BCUT2D eigenvalue weighted by molar-refractivity contribution is 0.306. The number of hydrogen-bond acceptors (Lipinski definition) is 3. The fourth-order valence-corrected chi connectivity index (χ4v) is 4.24. The van der Waals surface area contributed by atoms with Crippen LogP contribution in [0.15, 0.2) is 83.8 Å². The first kappa shape index (κ1) is 20.2. The lowest BCUT2D eigenvalue weighted by atomic mass is 9.87. The van der Waals surface area contributed by atoms with Gasteiger partial charge in [-0.2, -0.15) is 0 Å². The first-order chi connectivity index (χ1) is 13.2. The van der Waals surface area contributed by atoms with Crippen molar-refractivity contribution in [3.8, 4) is 5.75 Å². The minimum absolute atomic E-state index is 0.00378. The molecule has 0 aromatic heterocycles. The van der Waals surface area contributed by atoms with Crippen molar-refractivity contribution in [2.24, 2.45) is 0 Å². The Bertz CT molecular complexity index is 998. The highest BCUT2D eigenvalue weighted by Crippen LogP contribution is 2.25. The van der Waals surface area contributed by atoms with Gasteiger partial charge in [0.15, 0.2) is 9.84 Å². The topological polar surface area (TPSA) is 43.4 Å². The Labute approximate surface area is 167 Å². The van der Waals surface area contributed by atoms with Crippen molar-refractivity contribution in [2.45, 2.75) is 43.4 Å². The van der Waals surface area contributed by atoms with Crippen LogP contribution in [0.1, 0.15) is 37.5 Å². The molecule has 0 radical (unpaired) electrons. The Hall–Kier alpha value is -2.59. The van der Waals surface area contributed by atoms with E-state index in [1.54, 1.807) is 24.3 Å². The van der Waals surface area contributed by atoms with Gasteiger partial charge in [0.2, 0.25) is 0 Å². The van der Waals surface area contributed by atoms with Gasteiger partial charge >= 0.3 is 0 Å². The van der Waals surface area contributed by atoms with E-state index in [0.29, 0.717) is 11.5 Å². The summed E-state index contributed by atoms with van der Waals surface area (Å²) in [5.41, 5.74) is 3.08. The van der Waals surface area contributed by atoms with Crippen LogP contribution in [0.4, 0.5) is 0 Å². The highest BCUT2D eigenvalue weighted by molar-refractivity contribution is 7.90. The average Bonchev–Trinajstić information content (AvgIpc) is 2.67. The zero-order valence-corrected chi connectivity index (χ0v) is 17.4. The molecule has 146 valence electrons. The summed E-state index contributed by atoms with van der Waals surface area (Å²) in [6.45, 7) is 6.93. The number of ether oxygens (including phenoxy) is 1. The van der Waals surface area contributed by atoms with Crippen LogP contribution in [0, 0.1) is 0 Å². The third-order valence-corrected chi connectivity index (χ3v) is 6.31. The minimum Gasteiger partial charge on any atom is -0.489 e. The molecule has 0 atom stereocenters. The maximum absolute atomic E-state index is 12.6. The quantitative estimate of drug-likeness (QED) is 0.551. The second-order valence-electron chi connectivity index (χ2n) is 7.95. The molecule has 3 nitrogen and oxygen atoms in total. The molecule has 0 fully saturated rings. The van der Waals surface area contributed by atoms with Crippen molar-refractivity contribution in [3.05, 3.63) is 95.6 Å². The predicted octanol–water partition coefficient (Wildman–Crippen LogP) is 5.54. The summed E-state index contributed by atoms with van der Waals surface area (Å²) in [6, 6.07) is 24.2. The molecule has 0 aliphatic heterocycles. The number of rotatable bonds is 6. The fraction of sp³-hybridized carbons (Fsp3) is 0.250. The van der Waals surface area contributed by atoms with Crippen LogP contribution >= 0.6 is 0 Å². The standard InChI is InChI=1S/C24H26O3S/c1-24(2,3)21-11-13-22(14-12-21)27-17-19-9-15-23(16-10-19)28(25,26)18-20-7-5-4-6-8-20/h4-16H,17-18H2,1-3H3. The molecule has 0 amide bonds.